The molecule has 51 heavy (non-hydrogen) atoms. The van der Waals surface area contributed by atoms with Gasteiger partial charge in [-0.3, -0.25) is 23.9 Å². The third-order valence-electron chi connectivity index (χ3n) is 5.81. The van der Waals surface area contributed by atoms with Gasteiger partial charge in [0.1, 0.15) is 29.8 Å². The lowest BCUT2D eigenvalue weighted by Crippen LogP contribution is -2.30. The summed E-state index contributed by atoms with van der Waals surface area (Å²) < 4.78 is 27.6. The van der Waals surface area contributed by atoms with Gasteiger partial charge in [0.25, 0.3) is 0 Å². The number of benzene rings is 1. The molecule has 1 aromatic rings. The van der Waals surface area contributed by atoms with Crippen LogP contribution in [0.25, 0.3) is 0 Å². The zero-order valence-electron chi connectivity index (χ0n) is 24.4. The lowest BCUT2D eigenvalue weighted by Gasteiger charge is -2.22. The van der Waals surface area contributed by atoms with Crippen molar-refractivity contribution in [2.45, 2.75) is 171 Å². The van der Waals surface area contributed by atoms with Gasteiger partial charge in [-0.15, -0.1) is 0 Å². The van der Waals surface area contributed by atoms with Crippen molar-refractivity contribution < 1.29 is 47.6 Å². The summed E-state index contributed by atoms with van der Waals surface area (Å²) >= 11 is 3.25. The molecule has 4 unspecified atom stereocenters. The molecule has 0 aliphatic rings. The number of allylic oxidation sites excluding steroid dienone is 1. The summed E-state index contributed by atoms with van der Waals surface area (Å²) in [6.45, 7) is 5.50. The molecule has 0 saturated heterocycles. The second-order valence-corrected chi connectivity index (χ2v) is 9.99. The van der Waals surface area contributed by atoms with Gasteiger partial charge in [-0.1, -0.05) is 134 Å². The number of carbonyl (C=O) groups excluding carboxylic acids is 4. The van der Waals surface area contributed by atoms with E-state index in [1.807, 2.05) is 44.2 Å². The standard InChI is InChI=1S/C30H43BrO9.10CH4.FH/c1-5-7-9-14-25(38-28(33)18-23(6-2)36-4)19-29(34)39-26(15-16-37-24-12-10-8-11-13-24)20-30(35)40-27(21-31)17-22(3)32;;;;;;;;;;;/h7-13,23,25-27H,5-6,14-21H2,1-4H3;10*1H4;1H. The molecule has 0 fully saturated rings. The molecule has 0 aliphatic carbocycles. The van der Waals surface area contributed by atoms with E-state index in [0.29, 0.717) is 23.9 Å². The number of esters is 3. The summed E-state index contributed by atoms with van der Waals surface area (Å²) in [5, 5.41) is 0.306. The van der Waals surface area contributed by atoms with Crippen molar-refractivity contribution >= 4 is 39.6 Å². The Hall–Kier alpha value is -2.79. The second kappa shape index (κ2) is 47.2. The molecule has 0 aliphatic heterocycles. The van der Waals surface area contributed by atoms with Crippen LogP contribution < -0.4 is 4.74 Å². The number of Topliss-reactive ketones (excluding diaryl/α,β-unsaturated/α-hetero) is 1. The Bertz CT molecular complexity index is 926. The predicted molar refractivity (Wildman–Crippen MR) is 224 cm³/mol. The van der Waals surface area contributed by atoms with Crippen molar-refractivity contribution in [3.8, 4) is 5.75 Å². The average molecular weight is 808 g/mol. The van der Waals surface area contributed by atoms with E-state index in [0.717, 1.165) is 6.42 Å². The van der Waals surface area contributed by atoms with Gasteiger partial charge >= 0.3 is 17.9 Å². The van der Waals surface area contributed by atoms with Crippen LogP contribution in [0.1, 0.15) is 146 Å². The van der Waals surface area contributed by atoms with Crippen molar-refractivity contribution in [2.75, 3.05) is 19.0 Å². The number of alkyl halides is 1. The Morgan fingerprint density at radius 3 is 1.55 bits per heavy atom. The van der Waals surface area contributed by atoms with Gasteiger partial charge in [-0.25, -0.2) is 0 Å². The molecule has 0 N–H and O–H groups in total. The number of rotatable bonds is 21. The summed E-state index contributed by atoms with van der Waals surface area (Å²) in [7, 11) is 1.53. The molecule has 312 valence electrons. The third-order valence-corrected chi connectivity index (χ3v) is 6.53. The van der Waals surface area contributed by atoms with Gasteiger partial charge in [-0.2, -0.15) is 0 Å². The van der Waals surface area contributed by atoms with Crippen LogP contribution in [0.15, 0.2) is 42.5 Å². The maximum absolute atomic E-state index is 12.9. The Kier molecular flexibility index (Phi) is 71.8. The van der Waals surface area contributed by atoms with Crippen molar-refractivity contribution in [3.63, 3.8) is 0 Å². The number of carbonyl (C=O) groups is 4. The highest BCUT2D eigenvalue weighted by atomic mass is 79.9. The zero-order valence-corrected chi connectivity index (χ0v) is 26.0. The normalized spacial score (nSPS) is 11.1. The first-order valence-corrected chi connectivity index (χ1v) is 14.8. The fraction of sp³-hybridized carbons (Fsp3) is 0.700. The number of hydrogen-bond donors (Lipinski definition) is 0. The predicted octanol–water partition coefficient (Wildman–Crippen LogP) is 12.0. The van der Waals surface area contributed by atoms with Gasteiger partial charge in [-0.05, 0) is 31.9 Å². The molecule has 11 heteroatoms. The fourth-order valence-corrected chi connectivity index (χ4v) is 4.08. The van der Waals surface area contributed by atoms with Gasteiger partial charge in [0.15, 0.2) is 0 Å². The Morgan fingerprint density at radius 2 is 1.12 bits per heavy atom. The first-order valence-electron chi connectivity index (χ1n) is 13.7. The van der Waals surface area contributed by atoms with Crippen LogP contribution in [-0.4, -0.2) is 67.2 Å². The van der Waals surface area contributed by atoms with E-state index in [-0.39, 0.29) is 130 Å². The molecule has 9 nitrogen and oxygen atoms in total. The van der Waals surface area contributed by atoms with E-state index >= 15 is 0 Å². The van der Waals surface area contributed by atoms with Crippen molar-refractivity contribution in [1.82, 2.24) is 0 Å². The number of para-hydroxylation sites is 1. The van der Waals surface area contributed by atoms with E-state index in [9.17, 15) is 19.2 Å². The van der Waals surface area contributed by atoms with E-state index < -0.39 is 36.2 Å². The van der Waals surface area contributed by atoms with Crippen LogP contribution in [0.2, 0.25) is 0 Å². The quantitative estimate of drug-likeness (QED) is 0.0518. The second-order valence-electron chi connectivity index (χ2n) is 9.34. The monoisotopic (exact) mass is 807 g/mol. The molecule has 0 bridgehead atoms. The molecule has 0 heterocycles. The van der Waals surface area contributed by atoms with Crippen LogP contribution in [0.4, 0.5) is 4.70 Å². The number of ketones is 1. The molecular weight excluding hydrogens is 723 g/mol. The van der Waals surface area contributed by atoms with Gasteiger partial charge in [0, 0.05) is 31.7 Å². The third kappa shape index (κ3) is 38.3. The van der Waals surface area contributed by atoms with Crippen LogP contribution in [0, 0.1) is 0 Å². The molecular formula is C40H84BrFO9. The highest BCUT2D eigenvalue weighted by molar-refractivity contribution is 9.09. The molecule has 0 saturated carbocycles. The smallest absolute Gasteiger partial charge is 0.309 e. The van der Waals surface area contributed by atoms with Crippen LogP contribution in [0.5, 0.6) is 5.75 Å². The molecule has 0 spiro atoms. The van der Waals surface area contributed by atoms with E-state index in [1.165, 1.54) is 14.0 Å². The Morgan fingerprint density at radius 1 is 0.667 bits per heavy atom. The topological polar surface area (TPSA) is 114 Å². The minimum Gasteiger partial charge on any atom is -0.493 e. The average Bonchev–Trinajstić information content (AvgIpc) is 2.91. The lowest BCUT2D eigenvalue weighted by molar-refractivity contribution is -0.161. The van der Waals surface area contributed by atoms with Crippen molar-refractivity contribution in [1.29, 1.82) is 0 Å². The maximum Gasteiger partial charge on any atom is 0.309 e. The summed E-state index contributed by atoms with van der Waals surface area (Å²) in [5.41, 5.74) is 0. The Labute approximate surface area is 324 Å². The van der Waals surface area contributed by atoms with Gasteiger partial charge < -0.3 is 23.7 Å². The molecule has 0 radical (unpaired) electrons. The first-order chi connectivity index (χ1) is 19.2. The minimum atomic E-state index is -0.836. The molecule has 1 aromatic carbocycles. The van der Waals surface area contributed by atoms with Crippen molar-refractivity contribution in [3.05, 3.63) is 42.5 Å². The fourth-order valence-electron chi connectivity index (χ4n) is 3.72. The maximum atomic E-state index is 12.9. The molecule has 4 atom stereocenters. The van der Waals surface area contributed by atoms with Crippen LogP contribution >= 0.6 is 15.9 Å². The minimum absolute atomic E-state index is 0. The van der Waals surface area contributed by atoms with Crippen molar-refractivity contribution in [2.24, 2.45) is 0 Å². The summed E-state index contributed by atoms with van der Waals surface area (Å²) in [6, 6.07) is 9.14. The number of methoxy groups -OCH3 is 1. The molecule has 0 amide bonds. The van der Waals surface area contributed by atoms with Crippen LogP contribution in [-0.2, 0) is 38.1 Å². The highest BCUT2D eigenvalue weighted by Crippen LogP contribution is 2.16. The zero-order chi connectivity index (χ0) is 29.8. The highest BCUT2D eigenvalue weighted by Gasteiger charge is 2.26. The molecule has 0 aromatic heterocycles. The van der Waals surface area contributed by atoms with E-state index in [2.05, 4.69) is 15.9 Å². The van der Waals surface area contributed by atoms with Crippen LogP contribution in [0.3, 0.4) is 0 Å². The molecule has 1 rings (SSSR count). The summed E-state index contributed by atoms with van der Waals surface area (Å²) in [5.74, 6) is -1.13. The number of hydrogen-bond acceptors (Lipinski definition) is 9. The number of halogens is 2. The Balaban J connectivity index is -0.000000162. The van der Waals surface area contributed by atoms with Gasteiger partial charge in [0.2, 0.25) is 0 Å². The first kappa shape index (κ1) is 77.6. The van der Waals surface area contributed by atoms with E-state index in [4.69, 9.17) is 23.7 Å². The van der Waals surface area contributed by atoms with E-state index in [1.54, 1.807) is 12.1 Å². The largest absolute Gasteiger partial charge is 0.493 e. The lowest BCUT2D eigenvalue weighted by atomic mass is 10.1. The SMILES string of the molecule is C.C.C.C.C.C.C.C.C.C.CCC=CCC(CC(=O)OC(CCOc1ccccc1)CC(=O)OC(CBr)CC(C)=O)OC(=O)CC(CC)OC.F. The van der Waals surface area contributed by atoms with Gasteiger partial charge in [0.05, 0.1) is 32.0 Å². The number of ether oxygens (including phenoxy) is 5. The summed E-state index contributed by atoms with van der Waals surface area (Å²) in [6.07, 6.45) is 3.15. The summed E-state index contributed by atoms with van der Waals surface area (Å²) in [4.78, 5) is 49.5.